The Morgan fingerprint density at radius 2 is 1.80 bits per heavy atom. The first-order valence-corrected chi connectivity index (χ1v) is 12.8. The van der Waals surface area contributed by atoms with Crippen molar-refractivity contribution in [1.29, 1.82) is 0 Å². The Morgan fingerprint density at radius 1 is 1.07 bits per heavy atom. The molecular weight excluding hydrogens is 460 g/mol. The lowest BCUT2D eigenvalue weighted by atomic mass is 10.2. The minimum absolute atomic E-state index is 0.108. The second-order valence-electron chi connectivity index (χ2n) is 6.48. The molecule has 4 rings (SSSR count). The molecule has 1 aromatic heterocycles. The van der Waals surface area contributed by atoms with Crippen molar-refractivity contribution in [3.05, 3.63) is 87.0 Å². The Bertz CT molecular complexity index is 1390. The van der Waals surface area contributed by atoms with Gasteiger partial charge in [0.1, 0.15) is 0 Å². The van der Waals surface area contributed by atoms with Gasteiger partial charge in [-0.1, -0.05) is 53.3 Å². The maximum atomic E-state index is 12.9. The number of benzene rings is 3. The van der Waals surface area contributed by atoms with Crippen LogP contribution >= 0.6 is 34.7 Å². The van der Waals surface area contributed by atoms with Crippen LogP contribution in [0.2, 0.25) is 5.02 Å². The van der Waals surface area contributed by atoms with E-state index in [1.165, 1.54) is 23.9 Å². The van der Waals surface area contributed by atoms with Gasteiger partial charge in [0.05, 0.1) is 27.3 Å². The Balaban J connectivity index is 1.70. The minimum atomic E-state index is -3.80. The summed E-state index contributed by atoms with van der Waals surface area (Å²) in [5, 5.41) is 0.583. The molecule has 0 aliphatic heterocycles. The smallest absolute Gasteiger partial charge is 0.294 e. The van der Waals surface area contributed by atoms with E-state index in [-0.39, 0.29) is 9.77 Å². The van der Waals surface area contributed by atoms with Crippen molar-refractivity contribution in [1.82, 2.24) is 4.57 Å². The van der Waals surface area contributed by atoms with Crippen molar-refractivity contribution in [2.75, 3.05) is 11.0 Å². The van der Waals surface area contributed by atoms with E-state index < -0.39 is 10.0 Å². The Kier molecular flexibility index (Phi) is 5.92. The van der Waals surface area contributed by atoms with Gasteiger partial charge in [-0.05, 0) is 48.2 Å². The highest BCUT2D eigenvalue weighted by atomic mass is 35.5. The number of nitrogens with one attached hydrogen (secondary N) is 1. The van der Waals surface area contributed by atoms with Gasteiger partial charge in [-0.25, -0.2) is 8.42 Å². The van der Waals surface area contributed by atoms with Crippen molar-refractivity contribution in [3.63, 3.8) is 0 Å². The van der Waals surface area contributed by atoms with E-state index in [0.29, 0.717) is 27.5 Å². The summed E-state index contributed by atoms with van der Waals surface area (Å²) in [6, 6.07) is 19.3. The number of hydrogen-bond donors (Lipinski definition) is 1. The number of halogens is 1. The van der Waals surface area contributed by atoms with Gasteiger partial charge in [-0.2, -0.15) is 0 Å². The first-order valence-electron chi connectivity index (χ1n) is 8.92. The van der Waals surface area contributed by atoms with Crippen LogP contribution in [-0.4, -0.2) is 19.2 Å². The number of fused-ring (bicyclic) bond motifs is 1. The lowest BCUT2D eigenvalue weighted by molar-refractivity contribution is 0.601. The Hall–Kier alpha value is -2.26. The third-order valence-corrected chi connectivity index (χ3v) is 8.06. The summed E-state index contributed by atoms with van der Waals surface area (Å²) in [5.74, 6) is 0. The average Bonchev–Trinajstić information content (AvgIpc) is 3.04. The zero-order valence-electron chi connectivity index (χ0n) is 15.8. The van der Waals surface area contributed by atoms with Crippen molar-refractivity contribution < 1.29 is 8.42 Å². The van der Waals surface area contributed by atoms with E-state index in [1.807, 2.05) is 36.6 Å². The van der Waals surface area contributed by atoms with Crippen LogP contribution in [0, 0.1) is 0 Å². The van der Waals surface area contributed by atoms with E-state index in [9.17, 15) is 13.2 Å². The highest BCUT2D eigenvalue weighted by Gasteiger charge is 2.18. The molecule has 0 spiro atoms. The van der Waals surface area contributed by atoms with Crippen LogP contribution in [0.25, 0.3) is 10.2 Å². The molecule has 0 unspecified atom stereocenters. The van der Waals surface area contributed by atoms with Crippen LogP contribution in [0.3, 0.4) is 0 Å². The van der Waals surface area contributed by atoms with Crippen molar-refractivity contribution in [2.45, 2.75) is 16.3 Å². The minimum Gasteiger partial charge on any atom is -0.294 e. The molecular formula is C21H17ClN2O3S3. The van der Waals surface area contributed by atoms with E-state index in [2.05, 4.69) is 4.72 Å². The SMILES string of the molecule is CSc1ccccc1NS(=O)(=O)c1ccc2c(c1)sc(=O)n2Cc1ccccc1Cl. The molecule has 0 radical (unpaired) electrons. The number of thiazole rings is 1. The lowest BCUT2D eigenvalue weighted by Crippen LogP contribution is -2.14. The topological polar surface area (TPSA) is 68.2 Å². The molecule has 0 aliphatic carbocycles. The quantitative estimate of drug-likeness (QED) is 0.384. The summed E-state index contributed by atoms with van der Waals surface area (Å²) in [5.41, 5.74) is 2.02. The molecule has 0 atom stereocenters. The molecule has 0 saturated heterocycles. The van der Waals surface area contributed by atoms with Crippen molar-refractivity contribution >= 4 is 60.6 Å². The summed E-state index contributed by atoms with van der Waals surface area (Å²) >= 11 is 8.71. The highest BCUT2D eigenvalue weighted by molar-refractivity contribution is 7.99. The summed E-state index contributed by atoms with van der Waals surface area (Å²) in [4.78, 5) is 13.3. The van der Waals surface area contributed by atoms with E-state index >= 15 is 0 Å². The van der Waals surface area contributed by atoms with Gasteiger partial charge < -0.3 is 0 Å². The lowest BCUT2D eigenvalue weighted by Gasteiger charge is -2.11. The maximum Gasteiger partial charge on any atom is 0.308 e. The van der Waals surface area contributed by atoms with E-state index in [1.54, 1.807) is 28.8 Å². The summed E-state index contributed by atoms with van der Waals surface area (Å²) in [6.07, 6.45) is 1.89. The average molecular weight is 477 g/mol. The van der Waals surface area contributed by atoms with Crippen LogP contribution in [0.5, 0.6) is 0 Å². The number of hydrogen-bond acceptors (Lipinski definition) is 5. The van der Waals surface area contributed by atoms with Crippen molar-refractivity contribution in [2.24, 2.45) is 0 Å². The van der Waals surface area contributed by atoms with Gasteiger partial charge in [-0.15, -0.1) is 11.8 Å². The van der Waals surface area contributed by atoms with Gasteiger partial charge in [0, 0.05) is 9.92 Å². The van der Waals surface area contributed by atoms with Crippen LogP contribution in [0.1, 0.15) is 5.56 Å². The third kappa shape index (κ3) is 4.13. The van der Waals surface area contributed by atoms with Crippen LogP contribution in [0.15, 0.2) is 81.3 Å². The molecule has 3 aromatic carbocycles. The van der Waals surface area contributed by atoms with Crippen LogP contribution < -0.4 is 9.60 Å². The van der Waals surface area contributed by atoms with Crippen LogP contribution in [-0.2, 0) is 16.6 Å². The molecule has 0 fully saturated rings. The molecule has 1 N–H and O–H groups in total. The number of sulfonamides is 1. The number of anilines is 1. The number of aromatic nitrogens is 1. The van der Waals surface area contributed by atoms with Crippen molar-refractivity contribution in [3.8, 4) is 0 Å². The monoisotopic (exact) mass is 476 g/mol. The van der Waals surface area contributed by atoms with Gasteiger partial charge in [0.15, 0.2) is 0 Å². The Morgan fingerprint density at radius 3 is 2.57 bits per heavy atom. The molecule has 4 aromatic rings. The first kappa shape index (κ1) is 21.0. The predicted octanol–water partition coefficient (Wildman–Crippen LogP) is 5.29. The normalized spacial score (nSPS) is 11.7. The third-order valence-electron chi connectivity index (χ3n) is 4.59. The fourth-order valence-corrected chi connectivity index (χ4v) is 6.02. The van der Waals surface area contributed by atoms with E-state index in [4.69, 9.17) is 11.6 Å². The molecule has 0 saturated carbocycles. The predicted molar refractivity (Wildman–Crippen MR) is 126 cm³/mol. The Labute approximate surface area is 187 Å². The number of rotatable bonds is 6. The number of nitrogens with zero attached hydrogens (tertiary/aromatic N) is 1. The fraction of sp³-hybridized carbons (Fsp3) is 0.0952. The molecule has 5 nitrogen and oxygen atoms in total. The van der Waals surface area contributed by atoms with Crippen LogP contribution in [0.4, 0.5) is 5.69 Å². The molecule has 1 heterocycles. The van der Waals surface area contributed by atoms with Gasteiger partial charge in [-0.3, -0.25) is 14.1 Å². The summed E-state index contributed by atoms with van der Waals surface area (Å²) in [7, 11) is -3.80. The molecule has 0 bridgehead atoms. The first-order chi connectivity index (χ1) is 14.4. The molecule has 154 valence electrons. The molecule has 30 heavy (non-hydrogen) atoms. The fourth-order valence-electron chi connectivity index (χ4n) is 3.09. The highest BCUT2D eigenvalue weighted by Crippen LogP contribution is 2.29. The standard InChI is InChI=1S/C21H17ClN2O3S3/c1-28-19-9-5-4-8-17(19)23-30(26,27)15-10-11-18-20(12-15)29-21(25)24(18)13-14-6-2-3-7-16(14)22/h2-12,23H,13H2,1H3. The summed E-state index contributed by atoms with van der Waals surface area (Å²) < 4.78 is 30.7. The maximum absolute atomic E-state index is 12.9. The molecule has 9 heteroatoms. The zero-order valence-corrected chi connectivity index (χ0v) is 19.0. The van der Waals surface area contributed by atoms with Gasteiger partial charge in [0.2, 0.25) is 0 Å². The largest absolute Gasteiger partial charge is 0.308 e. The number of thioether (sulfide) groups is 1. The number of para-hydroxylation sites is 1. The molecule has 0 amide bonds. The van der Waals surface area contributed by atoms with E-state index in [0.717, 1.165) is 21.8 Å². The second kappa shape index (κ2) is 8.47. The summed E-state index contributed by atoms with van der Waals surface area (Å²) in [6.45, 7) is 0.323. The van der Waals surface area contributed by atoms with Gasteiger partial charge in [0.25, 0.3) is 10.0 Å². The van der Waals surface area contributed by atoms with Gasteiger partial charge >= 0.3 is 4.87 Å². The molecule has 0 aliphatic rings. The zero-order chi connectivity index (χ0) is 21.3. The second-order valence-corrected chi connectivity index (χ2v) is 10.4.